The van der Waals surface area contributed by atoms with Crippen LogP contribution in [0.25, 0.3) is 6.08 Å². The second kappa shape index (κ2) is 12.8. The molecule has 3 amide bonds. The number of imide groups is 1. The molecule has 8 nitrogen and oxygen atoms in total. The number of benzene rings is 3. The van der Waals surface area contributed by atoms with Crippen LogP contribution in [0.5, 0.6) is 17.2 Å². The lowest BCUT2D eigenvalue weighted by Gasteiger charge is -2.14. The predicted molar refractivity (Wildman–Crippen MR) is 150 cm³/mol. The first-order chi connectivity index (χ1) is 18.8. The molecule has 1 aliphatic rings. The van der Waals surface area contributed by atoms with Crippen LogP contribution >= 0.6 is 27.7 Å². The van der Waals surface area contributed by atoms with Crippen LogP contribution in [0.2, 0.25) is 0 Å². The van der Waals surface area contributed by atoms with Crippen LogP contribution in [0.15, 0.2) is 70.0 Å². The number of halogens is 2. The zero-order valence-electron chi connectivity index (χ0n) is 21.0. The summed E-state index contributed by atoms with van der Waals surface area (Å²) < 4.78 is 30.4. The largest absolute Gasteiger partial charge is 0.494 e. The van der Waals surface area contributed by atoms with Crippen molar-refractivity contribution in [1.29, 1.82) is 0 Å². The molecule has 0 aromatic heterocycles. The summed E-state index contributed by atoms with van der Waals surface area (Å²) in [5, 5.41) is 2.13. The lowest BCUT2D eigenvalue weighted by atomic mass is 10.1. The fourth-order valence-corrected chi connectivity index (χ4v) is 5.04. The number of hydrogen-bond donors (Lipinski definition) is 1. The number of ether oxygens (including phenoxy) is 3. The van der Waals surface area contributed by atoms with Gasteiger partial charge < -0.3 is 19.5 Å². The molecule has 0 unspecified atom stereocenters. The van der Waals surface area contributed by atoms with Crippen molar-refractivity contribution in [2.45, 2.75) is 13.5 Å². The van der Waals surface area contributed by atoms with Crippen molar-refractivity contribution in [3.63, 3.8) is 0 Å². The monoisotopic (exact) mass is 614 g/mol. The van der Waals surface area contributed by atoms with Gasteiger partial charge in [-0.15, -0.1) is 0 Å². The molecular weight excluding hydrogens is 591 g/mol. The van der Waals surface area contributed by atoms with E-state index >= 15 is 0 Å². The maximum Gasteiger partial charge on any atom is 0.294 e. The molecule has 1 heterocycles. The molecule has 0 spiro atoms. The highest BCUT2D eigenvalue weighted by atomic mass is 79.9. The van der Waals surface area contributed by atoms with E-state index in [1.54, 1.807) is 54.6 Å². The number of methoxy groups -OCH3 is 1. The van der Waals surface area contributed by atoms with Gasteiger partial charge in [0.15, 0.2) is 11.5 Å². The van der Waals surface area contributed by atoms with E-state index in [2.05, 4.69) is 21.2 Å². The molecular formula is C28H24BrFN2O6S. The number of carbonyl (C=O) groups excluding carboxylic acids is 3. The Morgan fingerprint density at radius 2 is 1.79 bits per heavy atom. The fourth-order valence-electron chi connectivity index (χ4n) is 3.63. The van der Waals surface area contributed by atoms with Gasteiger partial charge in [0.25, 0.3) is 11.1 Å². The van der Waals surface area contributed by atoms with Gasteiger partial charge in [0.05, 0.1) is 23.1 Å². The first-order valence-corrected chi connectivity index (χ1v) is 13.4. The van der Waals surface area contributed by atoms with Crippen molar-refractivity contribution in [1.82, 2.24) is 4.90 Å². The molecule has 39 heavy (non-hydrogen) atoms. The minimum atomic E-state index is -0.571. The number of amides is 3. The minimum Gasteiger partial charge on any atom is -0.494 e. The lowest BCUT2D eigenvalue weighted by Crippen LogP contribution is -2.36. The number of anilines is 1. The summed E-state index contributed by atoms with van der Waals surface area (Å²) in [5.74, 6) is 0.0833. The van der Waals surface area contributed by atoms with E-state index in [9.17, 15) is 18.8 Å². The van der Waals surface area contributed by atoms with E-state index < -0.39 is 23.6 Å². The molecule has 1 fully saturated rings. The molecule has 0 bridgehead atoms. The minimum absolute atomic E-state index is 0.169. The zero-order chi connectivity index (χ0) is 27.9. The molecule has 4 rings (SSSR count). The molecule has 0 saturated carbocycles. The molecule has 1 saturated heterocycles. The van der Waals surface area contributed by atoms with Crippen LogP contribution in [-0.4, -0.2) is 42.2 Å². The van der Waals surface area contributed by atoms with Gasteiger partial charge in [-0.05, 0) is 100 Å². The zero-order valence-corrected chi connectivity index (χ0v) is 23.4. The van der Waals surface area contributed by atoms with Crippen LogP contribution in [-0.2, 0) is 16.2 Å². The summed E-state index contributed by atoms with van der Waals surface area (Å²) in [6.45, 7) is 2.17. The normalized spacial score (nSPS) is 14.1. The molecule has 202 valence electrons. The van der Waals surface area contributed by atoms with Crippen molar-refractivity contribution in [3.8, 4) is 17.2 Å². The second-order valence-electron chi connectivity index (χ2n) is 8.22. The van der Waals surface area contributed by atoms with Crippen molar-refractivity contribution in [2.24, 2.45) is 0 Å². The number of nitrogens with one attached hydrogen (secondary N) is 1. The molecule has 1 aliphatic heterocycles. The Kier molecular flexibility index (Phi) is 9.26. The third kappa shape index (κ3) is 7.18. The van der Waals surface area contributed by atoms with E-state index in [1.165, 1.54) is 19.2 Å². The van der Waals surface area contributed by atoms with E-state index in [1.807, 2.05) is 6.92 Å². The van der Waals surface area contributed by atoms with Gasteiger partial charge in [-0.3, -0.25) is 19.3 Å². The Hall–Kier alpha value is -3.83. The van der Waals surface area contributed by atoms with Crippen LogP contribution in [0.4, 0.5) is 14.9 Å². The molecule has 0 atom stereocenters. The smallest absolute Gasteiger partial charge is 0.294 e. The number of nitrogens with zero attached hydrogens (tertiary/aromatic N) is 1. The summed E-state index contributed by atoms with van der Waals surface area (Å²) in [5.41, 5.74) is 1.87. The van der Waals surface area contributed by atoms with E-state index in [0.29, 0.717) is 39.6 Å². The standard InChI is InChI=1S/C28H24BrFN2O6S/c1-3-37-21-10-8-20(9-11-21)31-25(33)15-32-27(34)24(39-28(32)35)14-18-12-22(29)26(23(13-18)36-2)38-16-17-4-6-19(30)7-5-17/h4-14H,3,15-16H2,1-2H3,(H,31,33)/b24-14+. The van der Waals surface area contributed by atoms with Gasteiger partial charge in [0.1, 0.15) is 24.7 Å². The number of thioether (sulfide) groups is 1. The average molecular weight is 615 g/mol. The van der Waals surface area contributed by atoms with Gasteiger partial charge in [-0.1, -0.05) is 12.1 Å². The Morgan fingerprint density at radius 3 is 2.46 bits per heavy atom. The molecule has 11 heteroatoms. The van der Waals surface area contributed by atoms with Crippen molar-refractivity contribution >= 4 is 56.5 Å². The Labute approximate surface area is 237 Å². The molecule has 0 radical (unpaired) electrons. The van der Waals surface area contributed by atoms with Crippen LogP contribution in [0.3, 0.4) is 0 Å². The first-order valence-electron chi connectivity index (χ1n) is 11.8. The third-order valence-corrected chi connectivity index (χ3v) is 6.97. The maximum atomic E-state index is 13.2. The highest BCUT2D eigenvalue weighted by Crippen LogP contribution is 2.39. The van der Waals surface area contributed by atoms with Gasteiger partial charge in [-0.25, -0.2) is 4.39 Å². The summed E-state index contributed by atoms with van der Waals surface area (Å²) in [4.78, 5) is 39.0. The van der Waals surface area contributed by atoms with Crippen LogP contribution in [0.1, 0.15) is 18.1 Å². The van der Waals surface area contributed by atoms with Gasteiger partial charge in [-0.2, -0.15) is 0 Å². The Bertz CT molecular complexity index is 1410. The van der Waals surface area contributed by atoms with Crippen LogP contribution < -0.4 is 19.5 Å². The highest BCUT2D eigenvalue weighted by molar-refractivity contribution is 9.10. The molecule has 0 aliphatic carbocycles. The van der Waals surface area contributed by atoms with Crippen molar-refractivity contribution in [3.05, 3.63) is 87.0 Å². The van der Waals surface area contributed by atoms with Gasteiger partial charge in [0.2, 0.25) is 5.91 Å². The quantitative estimate of drug-likeness (QED) is 0.270. The van der Waals surface area contributed by atoms with E-state index in [-0.39, 0.29) is 17.3 Å². The Morgan fingerprint density at radius 1 is 1.08 bits per heavy atom. The summed E-state index contributed by atoms with van der Waals surface area (Å²) in [6, 6.07) is 16.1. The summed E-state index contributed by atoms with van der Waals surface area (Å²) in [7, 11) is 1.48. The fraction of sp³-hybridized carbons (Fsp3) is 0.179. The van der Waals surface area contributed by atoms with Gasteiger partial charge >= 0.3 is 0 Å². The summed E-state index contributed by atoms with van der Waals surface area (Å²) >= 11 is 4.21. The van der Waals surface area contributed by atoms with Crippen LogP contribution in [0, 0.1) is 5.82 Å². The van der Waals surface area contributed by atoms with E-state index in [4.69, 9.17) is 14.2 Å². The maximum absolute atomic E-state index is 13.2. The molecule has 1 N–H and O–H groups in total. The lowest BCUT2D eigenvalue weighted by molar-refractivity contribution is -0.127. The first kappa shape index (κ1) is 28.2. The predicted octanol–water partition coefficient (Wildman–Crippen LogP) is 6.25. The summed E-state index contributed by atoms with van der Waals surface area (Å²) in [6.07, 6.45) is 1.55. The Balaban J connectivity index is 1.43. The molecule has 3 aromatic rings. The van der Waals surface area contributed by atoms with Crippen molar-refractivity contribution in [2.75, 3.05) is 25.6 Å². The number of rotatable bonds is 10. The van der Waals surface area contributed by atoms with Crippen molar-refractivity contribution < 1.29 is 33.0 Å². The van der Waals surface area contributed by atoms with E-state index in [0.717, 1.165) is 22.2 Å². The SMILES string of the molecule is CCOc1ccc(NC(=O)CN2C(=O)S/C(=C/c3cc(Br)c(OCc4ccc(F)cc4)c(OC)c3)C2=O)cc1. The second-order valence-corrected chi connectivity index (χ2v) is 10.1. The molecule has 3 aromatic carbocycles. The number of hydrogen-bond acceptors (Lipinski definition) is 7. The third-order valence-electron chi connectivity index (χ3n) is 5.47. The van der Waals surface area contributed by atoms with Gasteiger partial charge in [0, 0.05) is 5.69 Å². The average Bonchev–Trinajstić information content (AvgIpc) is 3.17. The topological polar surface area (TPSA) is 94.2 Å². The number of carbonyl (C=O) groups is 3. The highest BCUT2D eigenvalue weighted by Gasteiger charge is 2.36.